The van der Waals surface area contributed by atoms with E-state index in [0.717, 1.165) is 21.5 Å². The Labute approximate surface area is 137 Å². The highest BCUT2D eigenvalue weighted by Crippen LogP contribution is 2.24. The number of halogens is 4. The van der Waals surface area contributed by atoms with Crippen molar-refractivity contribution in [1.29, 1.82) is 0 Å². The molecule has 0 saturated heterocycles. The highest BCUT2D eigenvalue weighted by molar-refractivity contribution is 9.10. The molecule has 1 atom stereocenters. The Morgan fingerprint density at radius 1 is 1.05 bits per heavy atom. The molecule has 0 radical (unpaired) electrons. The van der Waals surface area contributed by atoms with Crippen LogP contribution >= 0.6 is 39.1 Å². The molecule has 2 aromatic carbocycles. The highest BCUT2D eigenvalue weighted by atomic mass is 79.9. The molecule has 0 aliphatic carbocycles. The standard InChI is InChI=1S/C16H14BrCl2F/c17-14-6-5-13(16(20)9-14)8-11(10-18)7-12-3-1-2-4-15(12)19/h1-6,9,11H,7-8,10H2. The molecule has 0 aromatic heterocycles. The minimum atomic E-state index is -0.200. The van der Waals surface area contributed by atoms with Gasteiger partial charge in [0, 0.05) is 15.4 Å². The molecule has 0 nitrogen and oxygen atoms in total. The molecule has 2 aromatic rings. The molecular weight excluding hydrogens is 362 g/mol. The average molecular weight is 376 g/mol. The van der Waals surface area contributed by atoms with Crippen LogP contribution in [0, 0.1) is 11.7 Å². The van der Waals surface area contributed by atoms with Crippen molar-refractivity contribution in [3.63, 3.8) is 0 Å². The van der Waals surface area contributed by atoms with Crippen molar-refractivity contribution in [2.75, 3.05) is 5.88 Å². The number of benzene rings is 2. The van der Waals surface area contributed by atoms with E-state index in [4.69, 9.17) is 23.2 Å². The van der Waals surface area contributed by atoms with Gasteiger partial charge >= 0.3 is 0 Å². The van der Waals surface area contributed by atoms with Gasteiger partial charge in [-0.25, -0.2) is 4.39 Å². The monoisotopic (exact) mass is 374 g/mol. The van der Waals surface area contributed by atoms with Crippen LogP contribution in [0.2, 0.25) is 5.02 Å². The Bertz CT molecular complexity index is 586. The number of hydrogen-bond acceptors (Lipinski definition) is 0. The first kappa shape index (κ1) is 15.8. The zero-order valence-electron chi connectivity index (χ0n) is 10.8. The van der Waals surface area contributed by atoms with Crippen LogP contribution in [0.15, 0.2) is 46.9 Å². The second-order valence-corrected chi connectivity index (χ2v) is 6.39. The maximum atomic E-state index is 13.9. The molecule has 4 heteroatoms. The van der Waals surface area contributed by atoms with Crippen molar-refractivity contribution in [1.82, 2.24) is 0 Å². The third kappa shape index (κ3) is 4.21. The van der Waals surface area contributed by atoms with Crippen LogP contribution in [-0.4, -0.2) is 5.88 Å². The van der Waals surface area contributed by atoms with E-state index in [2.05, 4.69) is 15.9 Å². The Balaban J connectivity index is 2.11. The number of hydrogen-bond donors (Lipinski definition) is 0. The molecule has 0 aliphatic rings. The van der Waals surface area contributed by atoms with Crippen LogP contribution in [0.3, 0.4) is 0 Å². The fraction of sp³-hybridized carbons (Fsp3) is 0.250. The van der Waals surface area contributed by atoms with Gasteiger partial charge in [-0.05, 0) is 48.1 Å². The summed E-state index contributed by atoms with van der Waals surface area (Å²) in [5, 5.41) is 0.735. The summed E-state index contributed by atoms with van der Waals surface area (Å²) in [6.45, 7) is 0. The summed E-state index contributed by atoms with van der Waals surface area (Å²) in [5.41, 5.74) is 1.74. The fourth-order valence-corrected chi connectivity index (χ4v) is 2.92. The summed E-state index contributed by atoms with van der Waals surface area (Å²) in [6.07, 6.45) is 1.35. The lowest BCUT2D eigenvalue weighted by Gasteiger charge is -2.15. The molecule has 0 saturated carbocycles. The minimum absolute atomic E-state index is 0.159. The minimum Gasteiger partial charge on any atom is -0.207 e. The van der Waals surface area contributed by atoms with Gasteiger partial charge in [0.25, 0.3) is 0 Å². The van der Waals surface area contributed by atoms with E-state index < -0.39 is 0 Å². The summed E-state index contributed by atoms with van der Waals surface area (Å²) in [4.78, 5) is 0. The van der Waals surface area contributed by atoms with E-state index >= 15 is 0 Å². The van der Waals surface area contributed by atoms with Gasteiger partial charge in [0.15, 0.2) is 0 Å². The fourth-order valence-electron chi connectivity index (χ4n) is 2.15. The Morgan fingerprint density at radius 3 is 2.40 bits per heavy atom. The lowest BCUT2D eigenvalue weighted by atomic mass is 9.94. The first-order valence-electron chi connectivity index (χ1n) is 6.33. The van der Waals surface area contributed by atoms with Gasteiger partial charge in [-0.3, -0.25) is 0 Å². The topological polar surface area (TPSA) is 0 Å². The van der Waals surface area contributed by atoms with E-state index in [-0.39, 0.29) is 11.7 Å². The van der Waals surface area contributed by atoms with Crippen molar-refractivity contribution in [2.24, 2.45) is 5.92 Å². The molecule has 20 heavy (non-hydrogen) atoms. The van der Waals surface area contributed by atoms with Gasteiger partial charge in [0.05, 0.1) is 0 Å². The van der Waals surface area contributed by atoms with Crippen LogP contribution < -0.4 is 0 Å². The zero-order valence-corrected chi connectivity index (χ0v) is 13.8. The second-order valence-electron chi connectivity index (χ2n) is 4.76. The lowest BCUT2D eigenvalue weighted by molar-refractivity contribution is 0.546. The molecule has 2 rings (SSSR count). The maximum Gasteiger partial charge on any atom is 0.127 e. The van der Waals surface area contributed by atoms with Crippen LogP contribution in [0.5, 0.6) is 0 Å². The summed E-state index contributed by atoms with van der Waals surface area (Å²) >= 11 is 15.4. The Hall–Kier alpha value is -0.570. The lowest BCUT2D eigenvalue weighted by Crippen LogP contribution is -2.11. The largest absolute Gasteiger partial charge is 0.207 e. The molecule has 0 aliphatic heterocycles. The quantitative estimate of drug-likeness (QED) is 0.572. The molecule has 106 valence electrons. The first-order chi connectivity index (χ1) is 9.60. The summed E-state index contributed by atoms with van der Waals surface area (Å²) in [6, 6.07) is 12.8. The smallest absolute Gasteiger partial charge is 0.127 e. The highest BCUT2D eigenvalue weighted by Gasteiger charge is 2.14. The summed E-state index contributed by atoms with van der Waals surface area (Å²) < 4.78 is 14.6. The van der Waals surface area contributed by atoms with E-state index in [0.29, 0.717) is 17.9 Å². The predicted octanol–water partition coefficient (Wildman–Crippen LogP) is 5.88. The van der Waals surface area contributed by atoms with Crippen molar-refractivity contribution < 1.29 is 4.39 Å². The van der Waals surface area contributed by atoms with Gasteiger partial charge in [-0.2, -0.15) is 0 Å². The first-order valence-corrected chi connectivity index (χ1v) is 8.04. The Kier molecular flexibility index (Phi) is 5.88. The number of rotatable bonds is 5. The van der Waals surface area contributed by atoms with Crippen molar-refractivity contribution in [2.45, 2.75) is 12.8 Å². The molecule has 0 fully saturated rings. The zero-order chi connectivity index (χ0) is 14.5. The molecule has 0 N–H and O–H groups in total. The second kappa shape index (κ2) is 7.44. The third-order valence-electron chi connectivity index (χ3n) is 3.21. The van der Waals surface area contributed by atoms with Gasteiger partial charge < -0.3 is 0 Å². The van der Waals surface area contributed by atoms with Crippen molar-refractivity contribution >= 4 is 39.1 Å². The molecular formula is C16H14BrCl2F. The Morgan fingerprint density at radius 2 is 1.75 bits per heavy atom. The molecule has 0 amide bonds. The van der Waals surface area contributed by atoms with Crippen LogP contribution in [0.4, 0.5) is 4.39 Å². The van der Waals surface area contributed by atoms with E-state index in [1.54, 1.807) is 6.07 Å². The van der Waals surface area contributed by atoms with Gasteiger partial charge in [0.1, 0.15) is 5.82 Å². The molecule has 0 bridgehead atoms. The van der Waals surface area contributed by atoms with Crippen LogP contribution in [-0.2, 0) is 12.8 Å². The average Bonchev–Trinajstić information content (AvgIpc) is 2.43. The SMILES string of the molecule is Fc1cc(Br)ccc1CC(CCl)Cc1ccccc1Cl. The summed E-state index contributed by atoms with van der Waals surface area (Å²) in [5.74, 6) is 0.432. The van der Waals surface area contributed by atoms with Crippen LogP contribution in [0.1, 0.15) is 11.1 Å². The van der Waals surface area contributed by atoms with Gasteiger partial charge in [-0.1, -0.05) is 51.8 Å². The van der Waals surface area contributed by atoms with Gasteiger partial charge in [0.2, 0.25) is 0 Å². The maximum absolute atomic E-state index is 13.9. The van der Waals surface area contributed by atoms with Crippen molar-refractivity contribution in [3.05, 3.63) is 68.9 Å². The summed E-state index contributed by atoms with van der Waals surface area (Å²) in [7, 11) is 0. The van der Waals surface area contributed by atoms with Crippen molar-refractivity contribution in [3.8, 4) is 0 Å². The van der Waals surface area contributed by atoms with E-state index in [1.165, 1.54) is 6.07 Å². The third-order valence-corrected chi connectivity index (χ3v) is 4.51. The van der Waals surface area contributed by atoms with Crippen LogP contribution in [0.25, 0.3) is 0 Å². The van der Waals surface area contributed by atoms with Gasteiger partial charge in [-0.15, -0.1) is 11.6 Å². The molecule has 1 unspecified atom stereocenters. The predicted molar refractivity (Wildman–Crippen MR) is 87.2 cm³/mol. The van der Waals surface area contributed by atoms with E-state index in [9.17, 15) is 4.39 Å². The normalized spacial score (nSPS) is 12.4. The molecule has 0 spiro atoms. The van der Waals surface area contributed by atoms with E-state index in [1.807, 2.05) is 30.3 Å². The molecule has 0 heterocycles. The number of alkyl halides is 1.